The summed E-state index contributed by atoms with van der Waals surface area (Å²) in [6, 6.07) is 5.40. The second-order valence-corrected chi connectivity index (χ2v) is 7.77. The predicted octanol–water partition coefficient (Wildman–Crippen LogP) is 1.43. The van der Waals surface area contributed by atoms with Gasteiger partial charge in [-0.1, -0.05) is 13.0 Å². The summed E-state index contributed by atoms with van der Waals surface area (Å²) >= 11 is 0. The first-order valence-electron chi connectivity index (χ1n) is 7.80. The second-order valence-electron chi connectivity index (χ2n) is 5.73. The molecule has 1 saturated heterocycles. The van der Waals surface area contributed by atoms with Crippen molar-refractivity contribution in [3.63, 3.8) is 0 Å². The van der Waals surface area contributed by atoms with Crippen molar-refractivity contribution in [1.82, 2.24) is 9.29 Å². The fourth-order valence-electron chi connectivity index (χ4n) is 3.30. The Morgan fingerprint density at radius 2 is 2.27 bits per heavy atom. The molecule has 0 amide bonds. The van der Waals surface area contributed by atoms with Crippen LogP contribution in [-0.4, -0.2) is 54.9 Å². The Hall–Kier alpha value is -1.18. The number of morpholine rings is 1. The van der Waals surface area contributed by atoms with E-state index in [1.807, 2.05) is 25.1 Å². The van der Waals surface area contributed by atoms with Crippen molar-refractivity contribution in [2.24, 2.45) is 0 Å². The minimum atomic E-state index is -3.20. The quantitative estimate of drug-likeness (QED) is 0.819. The van der Waals surface area contributed by atoms with Crippen molar-refractivity contribution in [1.29, 1.82) is 0 Å². The first-order chi connectivity index (χ1) is 10.6. The van der Waals surface area contributed by atoms with Gasteiger partial charge in [-0.3, -0.25) is 0 Å². The summed E-state index contributed by atoms with van der Waals surface area (Å²) in [6.45, 7) is 2.75. The summed E-state index contributed by atoms with van der Waals surface area (Å²) in [5, 5.41) is 0. The summed E-state index contributed by atoms with van der Waals surface area (Å²) in [6.07, 6.45) is 3.52. The largest absolute Gasteiger partial charge is 0.472 e. The maximum Gasteiger partial charge on any atom is 0.214 e. The van der Waals surface area contributed by atoms with Gasteiger partial charge in [0.25, 0.3) is 0 Å². The molecule has 22 heavy (non-hydrogen) atoms. The number of hydrogen-bond acceptors (Lipinski definition) is 5. The smallest absolute Gasteiger partial charge is 0.214 e. The molecule has 1 aliphatic carbocycles. The summed E-state index contributed by atoms with van der Waals surface area (Å²) in [7, 11) is -3.20. The maximum atomic E-state index is 12.4. The van der Waals surface area contributed by atoms with Gasteiger partial charge in [0.15, 0.2) is 0 Å². The average Bonchev–Trinajstić information content (AvgIpc) is 2.91. The molecule has 0 spiro atoms. The third-order valence-corrected chi connectivity index (χ3v) is 6.31. The fraction of sp³-hybridized carbons (Fsp3) is 0.667. The Kier molecular flexibility index (Phi) is 4.65. The molecular weight excluding hydrogens is 304 g/mol. The molecule has 1 aromatic rings. The van der Waals surface area contributed by atoms with E-state index >= 15 is 0 Å². The van der Waals surface area contributed by atoms with Crippen LogP contribution >= 0.6 is 0 Å². The number of rotatable bonds is 5. The molecule has 0 unspecified atom stereocenters. The SMILES string of the molecule is CCCS(=O)(=O)N1CCO[C@H]2[C@@H](Oc3ccccn3)CC[C@H]21. The van der Waals surface area contributed by atoms with Gasteiger partial charge >= 0.3 is 0 Å². The van der Waals surface area contributed by atoms with Crippen molar-refractivity contribution in [2.75, 3.05) is 18.9 Å². The third-order valence-electron chi connectivity index (χ3n) is 4.21. The van der Waals surface area contributed by atoms with Gasteiger partial charge in [-0.2, -0.15) is 4.31 Å². The molecule has 0 N–H and O–H groups in total. The van der Waals surface area contributed by atoms with Crippen molar-refractivity contribution in [2.45, 2.75) is 44.4 Å². The number of nitrogens with zero attached hydrogens (tertiary/aromatic N) is 2. The van der Waals surface area contributed by atoms with Crippen molar-refractivity contribution >= 4 is 10.0 Å². The van der Waals surface area contributed by atoms with Crippen molar-refractivity contribution in [3.05, 3.63) is 24.4 Å². The Labute approximate surface area is 131 Å². The monoisotopic (exact) mass is 326 g/mol. The molecule has 0 bridgehead atoms. The highest BCUT2D eigenvalue weighted by molar-refractivity contribution is 7.89. The van der Waals surface area contributed by atoms with Gasteiger partial charge in [0.05, 0.1) is 18.4 Å². The van der Waals surface area contributed by atoms with E-state index in [-0.39, 0.29) is 24.0 Å². The van der Waals surface area contributed by atoms with E-state index in [0.717, 1.165) is 12.8 Å². The van der Waals surface area contributed by atoms with Crippen LogP contribution in [-0.2, 0) is 14.8 Å². The van der Waals surface area contributed by atoms with Gasteiger partial charge in [-0.25, -0.2) is 13.4 Å². The number of pyridine rings is 1. The zero-order valence-corrected chi connectivity index (χ0v) is 13.5. The lowest BCUT2D eigenvalue weighted by atomic mass is 10.1. The molecule has 122 valence electrons. The van der Waals surface area contributed by atoms with Crippen LogP contribution in [0.15, 0.2) is 24.4 Å². The molecule has 3 rings (SSSR count). The molecular formula is C15H22N2O4S. The maximum absolute atomic E-state index is 12.4. The van der Waals surface area contributed by atoms with Crippen LogP contribution in [0.2, 0.25) is 0 Å². The van der Waals surface area contributed by atoms with Gasteiger partial charge in [-0.05, 0) is 25.3 Å². The van der Waals surface area contributed by atoms with Gasteiger partial charge in [-0.15, -0.1) is 0 Å². The van der Waals surface area contributed by atoms with Crippen molar-refractivity contribution < 1.29 is 17.9 Å². The normalized spacial score (nSPS) is 29.2. The van der Waals surface area contributed by atoms with E-state index in [9.17, 15) is 8.42 Å². The molecule has 3 atom stereocenters. The second kappa shape index (κ2) is 6.52. The molecule has 2 aliphatic rings. The summed E-state index contributed by atoms with van der Waals surface area (Å²) in [5.74, 6) is 0.757. The van der Waals surface area contributed by atoms with E-state index in [2.05, 4.69) is 4.98 Å². The highest BCUT2D eigenvalue weighted by atomic mass is 32.2. The molecule has 1 aromatic heterocycles. The number of hydrogen-bond donors (Lipinski definition) is 0. The molecule has 6 nitrogen and oxygen atoms in total. The number of aromatic nitrogens is 1. The average molecular weight is 326 g/mol. The molecule has 2 fully saturated rings. The first kappa shape index (κ1) is 15.7. The van der Waals surface area contributed by atoms with Gasteiger partial charge in [0.1, 0.15) is 12.2 Å². The summed E-state index contributed by atoms with van der Waals surface area (Å²) < 4.78 is 38.2. The minimum absolute atomic E-state index is 0.112. The molecule has 2 heterocycles. The Morgan fingerprint density at radius 1 is 1.41 bits per heavy atom. The van der Waals surface area contributed by atoms with E-state index in [1.54, 1.807) is 10.5 Å². The number of ether oxygens (including phenoxy) is 2. The fourth-order valence-corrected chi connectivity index (χ4v) is 5.04. The first-order valence-corrected chi connectivity index (χ1v) is 9.41. The van der Waals surface area contributed by atoms with Gasteiger partial charge in [0.2, 0.25) is 15.9 Å². The summed E-state index contributed by atoms with van der Waals surface area (Å²) in [4.78, 5) is 4.17. The van der Waals surface area contributed by atoms with Crippen LogP contribution in [0.25, 0.3) is 0 Å². The lowest BCUT2D eigenvalue weighted by Gasteiger charge is -2.37. The predicted molar refractivity (Wildman–Crippen MR) is 82.2 cm³/mol. The van der Waals surface area contributed by atoms with Gasteiger partial charge < -0.3 is 9.47 Å². The lowest BCUT2D eigenvalue weighted by Crippen LogP contribution is -2.54. The lowest BCUT2D eigenvalue weighted by molar-refractivity contribution is -0.0668. The summed E-state index contributed by atoms with van der Waals surface area (Å²) in [5.41, 5.74) is 0. The number of sulfonamides is 1. The van der Waals surface area contributed by atoms with Gasteiger partial charge in [0, 0.05) is 18.8 Å². The Bertz CT molecular complexity index is 593. The topological polar surface area (TPSA) is 68.7 Å². The molecule has 1 saturated carbocycles. The molecule has 0 aromatic carbocycles. The highest BCUT2D eigenvalue weighted by Crippen LogP contribution is 2.34. The van der Waals surface area contributed by atoms with Crippen LogP contribution in [0.1, 0.15) is 26.2 Å². The molecule has 0 radical (unpaired) electrons. The van der Waals surface area contributed by atoms with Crippen LogP contribution in [0.3, 0.4) is 0 Å². The molecule has 7 heteroatoms. The number of fused-ring (bicyclic) bond motifs is 1. The standard InChI is InChI=1S/C15H22N2O4S/c1-2-11-22(18,19)17-9-10-20-15-12(17)6-7-13(15)21-14-5-3-4-8-16-14/h3-5,8,12-13,15H,2,6-7,9-11H2,1H3/t12-,13+,15-/m1/s1. The van der Waals surface area contributed by atoms with Crippen LogP contribution in [0.5, 0.6) is 5.88 Å². The van der Waals surface area contributed by atoms with Crippen LogP contribution in [0.4, 0.5) is 0 Å². The van der Waals surface area contributed by atoms with Crippen molar-refractivity contribution in [3.8, 4) is 5.88 Å². The highest BCUT2D eigenvalue weighted by Gasteiger charge is 2.47. The zero-order valence-electron chi connectivity index (χ0n) is 12.7. The van der Waals surface area contributed by atoms with E-state index in [1.165, 1.54) is 0 Å². The minimum Gasteiger partial charge on any atom is -0.472 e. The van der Waals surface area contributed by atoms with Crippen LogP contribution in [0, 0.1) is 0 Å². The van der Waals surface area contributed by atoms with E-state index in [0.29, 0.717) is 25.5 Å². The molecule has 1 aliphatic heterocycles. The third kappa shape index (κ3) is 3.11. The van der Waals surface area contributed by atoms with E-state index < -0.39 is 10.0 Å². The Morgan fingerprint density at radius 3 is 3.00 bits per heavy atom. The zero-order chi connectivity index (χ0) is 15.6. The van der Waals surface area contributed by atoms with Crippen LogP contribution < -0.4 is 4.74 Å². The van der Waals surface area contributed by atoms with E-state index in [4.69, 9.17) is 9.47 Å². The Balaban J connectivity index is 1.73.